The second kappa shape index (κ2) is 31.6. The van der Waals surface area contributed by atoms with Crippen LogP contribution >= 0.6 is 0 Å². The number of hydrogen-bond donors (Lipinski definition) is 9. The molecule has 9 nitrogen and oxygen atoms in total. The van der Waals surface area contributed by atoms with Crippen molar-refractivity contribution >= 4 is 0 Å². The van der Waals surface area contributed by atoms with Crippen molar-refractivity contribution in [2.24, 2.45) is 75.4 Å². The van der Waals surface area contributed by atoms with Crippen LogP contribution in [0, 0.1) is 75.4 Å². The van der Waals surface area contributed by atoms with Crippen LogP contribution in [0.3, 0.4) is 0 Å². The highest BCUT2D eigenvalue weighted by molar-refractivity contribution is 5.39. The fraction of sp³-hybridized carbons (Fsp3) is 0.802. The number of hydrogen-bond acceptors (Lipinski definition) is 9. The molecule has 512 valence electrons. The summed E-state index contributed by atoms with van der Waals surface area (Å²) in [4.78, 5) is 0. The summed E-state index contributed by atoms with van der Waals surface area (Å²) in [6.07, 6.45) is 42.7. The Labute approximate surface area is 549 Å². The van der Waals surface area contributed by atoms with Gasteiger partial charge in [-0.1, -0.05) is 164 Å². The van der Waals surface area contributed by atoms with Gasteiger partial charge in [-0.2, -0.15) is 0 Å². The number of aliphatic hydroxyl groups excluding tert-OH is 6. The van der Waals surface area contributed by atoms with E-state index < -0.39 is 53.4 Å². The molecule has 90 heavy (non-hydrogen) atoms. The van der Waals surface area contributed by atoms with E-state index in [0.29, 0.717) is 95.9 Å². The summed E-state index contributed by atoms with van der Waals surface area (Å²) in [5.74, 6) is 6.39. The minimum atomic E-state index is -0.615. The van der Waals surface area contributed by atoms with E-state index in [9.17, 15) is 46.0 Å². The third-order valence-electron chi connectivity index (χ3n) is 25.8. The van der Waals surface area contributed by atoms with E-state index in [-0.39, 0.29) is 5.92 Å². The molecule has 6 unspecified atom stereocenters. The number of fused-ring (bicyclic) bond motifs is 3. The number of rotatable bonds is 18. The topological polar surface area (TPSA) is 182 Å². The number of allylic oxidation sites excluding steroid dienone is 9. The fourth-order valence-electron chi connectivity index (χ4n) is 20.3. The first-order valence-corrected chi connectivity index (χ1v) is 36.8. The van der Waals surface area contributed by atoms with Gasteiger partial charge in [-0.3, -0.25) is 0 Å². The molecule has 9 heteroatoms. The van der Waals surface area contributed by atoms with Gasteiger partial charge in [0, 0.05) is 12.3 Å². The summed E-state index contributed by atoms with van der Waals surface area (Å²) in [6.45, 7) is 36.2. The van der Waals surface area contributed by atoms with Gasteiger partial charge in [-0.15, -0.1) is 0 Å². The first kappa shape index (κ1) is 74.9. The maximum atomic E-state index is 10.2. The fourth-order valence-corrected chi connectivity index (χ4v) is 20.3. The van der Waals surface area contributed by atoms with E-state index in [1.165, 1.54) is 121 Å². The van der Waals surface area contributed by atoms with Crippen LogP contribution in [0.5, 0.6) is 0 Å². The minimum Gasteiger partial charge on any atom is -0.393 e. The van der Waals surface area contributed by atoms with Crippen LogP contribution in [0.2, 0.25) is 0 Å². The van der Waals surface area contributed by atoms with Crippen molar-refractivity contribution in [3.8, 4) is 0 Å². The van der Waals surface area contributed by atoms with Crippen LogP contribution < -0.4 is 0 Å². The van der Waals surface area contributed by atoms with Gasteiger partial charge in [0.05, 0.1) is 53.4 Å². The van der Waals surface area contributed by atoms with Crippen molar-refractivity contribution in [2.75, 3.05) is 0 Å². The Kier molecular flexibility index (Phi) is 26.3. The lowest BCUT2D eigenvalue weighted by Crippen LogP contribution is -2.36. The van der Waals surface area contributed by atoms with Crippen LogP contribution in [0.15, 0.2) is 94.2 Å². The SMILES string of the molecule is C=C1/C(=C\C=C2/CCC[C@@]3(C)C2CCC3[C@H](C)CCCC(C)(C)O)C[C@@H](O)C[C@@H]1O.C=C1[C@H](O)CC(=C/C=C2\CCC[C@@]3(C)C2CCC3[C@H](C)CCCC(C)(C)O)C[C@H]1O.CC1[C@H](O)CC(=C/C=C2\CCC[C@@]3(C)C2CCC3[C@H](C)CCCC(C)(C)O)C[C@H]1O. The van der Waals surface area contributed by atoms with E-state index in [1.54, 1.807) is 16.7 Å². The summed E-state index contributed by atoms with van der Waals surface area (Å²) in [5, 5.41) is 91.0. The molecule has 0 aromatic heterocycles. The predicted octanol–water partition coefficient (Wildman–Crippen LogP) is 17.2. The van der Waals surface area contributed by atoms with Gasteiger partial charge in [0.2, 0.25) is 0 Å². The normalized spacial score (nSPS) is 38.7. The van der Waals surface area contributed by atoms with Crippen molar-refractivity contribution < 1.29 is 46.0 Å². The standard InChI is InChI=1S/C27H46O3.2C27H44O3/c2*1-18(8-6-14-26(3,4)30)22-12-13-23-21(9-7-15-27(22,23)5)11-10-20-16-24(28)19(2)25(29)17-20;1-18(8-6-14-26(3,4)30)23-12-13-24-20(9-7-15-27(23,24)5)10-11-21-16-22(28)17-25(29)19(21)2/h10-11,18-19,22-25,28-30H,6-9,12-17H2,1-5H3;2*10-11,18,22-25,28-30H,2,6-9,12-17H2,1,3-5H3/b20-10?,21-11+;21-11+;20-10+,21-11-/t18-,19?,22?,23?,24-,25-,27-;18-,22?,23?,24-,25-,27-;18-,22-,23?,24?,25+,27-/m111/s1. The van der Waals surface area contributed by atoms with E-state index in [2.05, 4.69) is 91.2 Å². The zero-order chi connectivity index (χ0) is 66.3. The van der Waals surface area contributed by atoms with Gasteiger partial charge in [-0.05, 0) is 275 Å². The zero-order valence-electron chi connectivity index (χ0n) is 59.4. The van der Waals surface area contributed by atoms with Gasteiger partial charge in [0.25, 0.3) is 0 Å². The summed E-state index contributed by atoms with van der Waals surface area (Å²) in [7, 11) is 0. The maximum absolute atomic E-state index is 10.2. The maximum Gasteiger partial charge on any atom is 0.0811 e. The minimum absolute atomic E-state index is 0.0266. The Morgan fingerprint density at radius 1 is 0.467 bits per heavy atom. The molecule has 0 aromatic carbocycles. The van der Waals surface area contributed by atoms with Gasteiger partial charge >= 0.3 is 0 Å². The van der Waals surface area contributed by atoms with Gasteiger partial charge in [0.15, 0.2) is 0 Å². The zero-order valence-corrected chi connectivity index (χ0v) is 59.4. The second-order valence-corrected chi connectivity index (χ2v) is 34.5. The monoisotopic (exact) mass is 1250 g/mol. The molecule has 9 N–H and O–H groups in total. The van der Waals surface area contributed by atoms with E-state index in [4.69, 9.17) is 0 Å². The molecule has 9 aliphatic carbocycles. The Morgan fingerprint density at radius 2 is 0.800 bits per heavy atom. The molecular formula is C81H134O9. The molecule has 9 fully saturated rings. The molecule has 9 rings (SSSR count). The van der Waals surface area contributed by atoms with Crippen molar-refractivity contribution in [3.05, 3.63) is 94.2 Å². The second-order valence-electron chi connectivity index (χ2n) is 34.5. The quantitative estimate of drug-likeness (QED) is 0.0603. The lowest BCUT2D eigenvalue weighted by atomic mass is 9.60. The summed E-state index contributed by atoms with van der Waals surface area (Å²) < 4.78 is 0. The van der Waals surface area contributed by atoms with Crippen molar-refractivity contribution in [1.29, 1.82) is 0 Å². The van der Waals surface area contributed by atoms with Crippen molar-refractivity contribution in [3.63, 3.8) is 0 Å². The van der Waals surface area contributed by atoms with E-state index in [1.807, 2.05) is 48.5 Å². The first-order chi connectivity index (χ1) is 42.0. The Morgan fingerprint density at radius 3 is 1.14 bits per heavy atom. The summed E-state index contributed by atoms with van der Waals surface area (Å²) >= 11 is 0. The third kappa shape index (κ3) is 19.4. The average Bonchev–Trinajstić information content (AvgIpc) is 1.60. The Balaban J connectivity index is 0.000000192. The lowest BCUT2D eigenvalue weighted by Gasteiger charge is -2.44. The largest absolute Gasteiger partial charge is 0.393 e. The van der Waals surface area contributed by atoms with E-state index >= 15 is 0 Å². The highest BCUT2D eigenvalue weighted by Gasteiger charge is 2.53. The van der Waals surface area contributed by atoms with Crippen LogP contribution in [0.4, 0.5) is 0 Å². The van der Waals surface area contributed by atoms with Gasteiger partial charge < -0.3 is 46.0 Å². The van der Waals surface area contributed by atoms with Crippen LogP contribution in [0.1, 0.15) is 283 Å². The van der Waals surface area contributed by atoms with Gasteiger partial charge in [-0.25, -0.2) is 0 Å². The van der Waals surface area contributed by atoms with Crippen molar-refractivity contribution in [2.45, 2.75) is 336 Å². The predicted molar refractivity (Wildman–Crippen MR) is 372 cm³/mol. The van der Waals surface area contributed by atoms with Crippen molar-refractivity contribution in [1.82, 2.24) is 0 Å². The molecule has 0 aliphatic heterocycles. The summed E-state index contributed by atoms with van der Waals surface area (Å²) in [5.41, 5.74) is 8.92. The molecule has 0 bridgehead atoms. The molecule has 9 saturated carbocycles. The molecule has 18 atom stereocenters. The molecular weight excluding hydrogens is 1120 g/mol. The molecule has 0 saturated heterocycles. The highest BCUT2D eigenvalue weighted by atomic mass is 16.3. The molecule has 0 amide bonds. The summed E-state index contributed by atoms with van der Waals surface area (Å²) in [6, 6.07) is 0. The van der Waals surface area contributed by atoms with E-state index in [0.717, 1.165) is 73.0 Å². The Bertz CT molecular complexity index is 2530. The highest BCUT2D eigenvalue weighted by Crippen LogP contribution is 2.63. The van der Waals surface area contributed by atoms with Crippen LogP contribution in [-0.2, 0) is 0 Å². The first-order valence-electron chi connectivity index (χ1n) is 36.8. The third-order valence-corrected chi connectivity index (χ3v) is 25.8. The molecule has 0 spiro atoms. The van der Waals surface area contributed by atoms with Gasteiger partial charge in [0.1, 0.15) is 0 Å². The molecule has 0 aromatic rings. The van der Waals surface area contributed by atoms with Crippen LogP contribution in [-0.4, -0.2) is 99.4 Å². The Hall–Kier alpha value is -2.44. The average molecular weight is 1250 g/mol. The lowest BCUT2D eigenvalue weighted by molar-refractivity contribution is 0.00404. The molecule has 9 aliphatic rings. The number of aliphatic hydroxyl groups is 9. The molecule has 0 heterocycles. The van der Waals surface area contributed by atoms with Crippen LogP contribution in [0.25, 0.3) is 0 Å². The molecule has 0 radical (unpaired) electrons. The smallest absolute Gasteiger partial charge is 0.0811 e.